The highest BCUT2D eigenvalue weighted by Gasteiger charge is 2.29. The molecule has 0 radical (unpaired) electrons. The van der Waals surface area contributed by atoms with E-state index in [-0.39, 0.29) is 5.91 Å². The second-order valence-electron chi connectivity index (χ2n) is 9.84. The predicted molar refractivity (Wildman–Crippen MR) is 154 cm³/mol. The molecule has 1 amide bonds. The van der Waals surface area contributed by atoms with Gasteiger partial charge in [-0.15, -0.1) is 11.6 Å². The predicted octanol–water partition coefficient (Wildman–Crippen LogP) is 5.34. The van der Waals surface area contributed by atoms with Crippen molar-refractivity contribution in [1.82, 2.24) is 24.6 Å². The number of piperazine rings is 1. The van der Waals surface area contributed by atoms with Crippen molar-refractivity contribution in [3.05, 3.63) is 114 Å². The van der Waals surface area contributed by atoms with E-state index in [1.807, 2.05) is 76.4 Å². The smallest absolute Gasteiger partial charge is 0.245 e. The summed E-state index contributed by atoms with van der Waals surface area (Å²) in [6, 6.07) is 28.0. The monoisotopic (exact) mass is 536 g/mol. The standard InChI is InChI=1S/C31H29ClN6O/c1-22-12-14-23(15-13-22)20-27-34-29(26-21-33-38(30(26)35-27)25-10-6-3-7-11-25)36-16-18-37(19-17-36)31(39)28(32)24-8-4-2-5-9-24/h2-15,21,28H,16-20H2,1H3/t28-/m0/s1. The number of para-hydroxylation sites is 1. The van der Waals surface area contributed by atoms with E-state index in [2.05, 4.69) is 41.2 Å². The number of carbonyl (C=O) groups excluding carboxylic acids is 1. The molecule has 1 fully saturated rings. The molecular formula is C31H29ClN6O. The molecule has 0 aliphatic carbocycles. The Morgan fingerprint density at radius 2 is 1.54 bits per heavy atom. The van der Waals surface area contributed by atoms with Gasteiger partial charge in [0.2, 0.25) is 5.91 Å². The summed E-state index contributed by atoms with van der Waals surface area (Å²) < 4.78 is 1.87. The maximum absolute atomic E-state index is 13.1. The number of amides is 1. The van der Waals surface area contributed by atoms with Crippen LogP contribution in [-0.4, -0.2) is 56.7 Å². The molecule has 3 heterocycles. The van der Waals surface area contributed by atoms with E-state index in [0.29, 0.717) is 32.6 Å². The molecule has 1 aliphatic rings. The molecule has 0 N–H and O–H groups in total. The van der Waals surface area contributed by atoms with Gasteiger partial charge in [0, 0.05) is 32.6 Å². The number of fused-ring (bicyclic) bond motifs is 1. The first kappa shape index (κ1) is 25.1. The van der Waals surface area contributed by atoms with Gasteiger partial charge in [0.1, 0.15) is 17.0 Å². The summed E-state index contributed by atoms with van der Waals surface area (Å²) in [5.41, 5.74) is 4.91. The molecule has 1 aliphatic heterocycles. The lowest BCUT2D eigenvalue weighted by atomic mass is 10.1. The minimum atomic E-state index is -0.686. The van der Waals surface area contributed by atoms with Crippen molar-refractivity contribution in [2.24, 2.45) is 0 Å². The van der Waals surface area contributed by atoms with Crippen LogP contribution in [0.2, 0.25) is 0 Å². The lowest BCUT2D eigenvalue weighted by Gasteiger charge is -2.36. The summed E-state index contributed by atoms with van der Waals surface area (Å²) in [7, 11) is 0. The number of halogens is 1. The average molecular weight is 537 g/mol. The number of alkyl halides is 1. The summed E-state index contributed by atoms with van der Waals surface area (Å²) in [6.45, 7) is 4.52. The van der Waals surface area contributed by atoms with Gasteiger partial charge in [-0.3, -0.25) is 4.79 Å². The molecular weight excluding hydrogens is 508 g/mol. The summed E-state index contributed by atoms with van der Waals surface area (Å²) in [5, 5.41) is 4.89. The Balaban J connectivity index is 1.29. The van der Waals surface area contributed by atoms with Crippen LogP contribution in [0.5, 0.6) is 0 Å². The first-order chi connectivity index (χ1) is 19.1. The first-order valence-corrected chi connectivity index (χ1v) is 13.6. The Kier molecular flexibility index (Phi) is 6.99. The number of nitrogens with zero attached hydrogens (tertiary/aromatic N) is 6. The zero-order chi connectivity index (χ0) is 26.8. The van der Waals surface area contributed by atoms with E-state index in [1.165, 1.54) is 5.56 Å². The summed E-state index contributed by atoms with van der Waals surface area (Å²) in [4.78, 5) is 27.2. The number of hydrogen-bond acceptors (Lipinski definition) is 5. The zero-order valence-corrected chi connectivity index (χ0v) is 22.5. The van der Waals surface area contributed by atoms with Gasteiger partial charge in [0.25, 0.3) is 0 Å². The topological polar surface area (TPSA) is 67.2 Å². The van der Waals surface area contributed by atoms with E-state index < -0.39 is 5.38 Å². The van der Waals surface area contributed by atoms with E-state index in [4.69, 9.17) is 21.6 Å². The SMILES string of the molecule is Cc1ccc(Cc2nc(N3CCN(C(=O)[C@@H](Cl)c4ccccc4)CC3)c3cnn(-c4ccccc4)c3n2)cc1. The minimum absolute atomic E-state index is 0.0627. The van der Waals surface area contributed by atoms with Crippen molar-refractivity contribution >= 4 is 34.4 Å². The number of hydrogen-bond donors (Lipinski definition) is 0. The van der Waals surface area contributed by atoms with E-state index in [9.17, 15) is 4.79 Å². The molecule has 196 valence electrons. The number of rotatable bonds is 6. The van der Waals surface area contributed by atoms with Crippen molar-refractivity contribution in [3.8, 4) is 5.69 Å². The molecule has 8 heteroatoms. The highest BCUT2D eigenvalue weighted by atomic mass is 35.5. The molecule has 0 bridgehead atoms. The Morgan fingerprint density at radius 1 is 0.872 bits per heavy atom. The third-order valence-electron chi connectivity index (χ3n) is 7.14. The van der Waals surface area contributed by atoms with Gasteiger partial charge in [-0.2, -0.15) is 5.10 Å². The molecule has 1 atom stereocenters. The molecule has 1 saturated heterocycles. The number of anilines is 1. The van der Waals surface area contributed by atoms with Crippen LogP contribution in [0.1, 0.15) is 27.9 Å². The van der Waals surface area contributed by atoms with Crippen LogP contribution in [0, 0.1) is 6.92 Å². The fourth-order valence-electron chi connectivity index (χ4n) is 4.97. The molecule has 0 unspecified atom stereocenters. The molecule has 0 spiro atoms. The van der Waals surface area contributed by atoms with Crippen molar-refractivity contribution in [2.45, 2.75) is 18.7 Å². The van der Waals surface area contributed by atoms with Gasteiger partial charge in [0.05, 0.1) is 17.3 Å². The van der Waals surface area contributed by atoms with Gasteiger partial charge < -0.3 is 9.80 Å². The van der Waals surface area contributed by atoms with Gasteiger partial charge in [-0.1, -0.05) is 78.4 Å². The first-order valence-electron chi connectivity index (χ1n) is 13.2. The van der Waals surface area contributed by atoms with Crippen LogP contribution in [0.3, 0.4) is 0 Å². The Morgan fingerprint density at radius 3 is 2.23 bits per heavy atom. The van der Waals surface area contributed by atoms with Gasteiger partial charge in [-0.05, 0) is 30.2 Å². The molecule has 39 heavy (non-hydrogen) atoms. The lowest BCUT2D eigenvalue weighted by Crippen LogP contribution is -2.50. The van der Waals surface area contributed by atoms with Crippen molar-refractivity contribution in [3.63, 3.8) is 0 Å². The van der Waals surface area contributed by atoms with E-state index in [0.717, 1.165) is 39.5 Å². The highest BCUT2D eigenvalue weighted by molar-refractivity contribution is 6.30. The van der Waals surface area contributed by atoms with Crippen LogP contribution in [0.15, 0.2) is 91.1 Å². The average Bonchev–Trinajstić information content (AvgIpc) is 3.42. The number of carbonyl (C=O) groups is 1. The molecule has 5 aromatic rings. The van der Waals surface area contributed by atoms with E-state index in [1.54, 1.807) is 0 Å². The molecule has 7 nitrogen and oxygen atoms in total. The fraction of sp³-hybridized carbons (Fsp3) is 0.226. The maximum atomic E-state index is 13.1. The maximum Gasteiger partial charge on any atom is 0.245 e. The van der Waals surface area contributed by atoms with Crippen molar-refractivity contribution < 1.29 is 4.79 Å². The van der Waals surface area contributed by atoms with E-state index >= 15 is 0 Å². The largest absolute Gasteiger partial charge is 0.352 e. The second-order valence-corrected chi connectivity index (χ2v) is 10.3. The lowest BCUT2D eigenvalue weighted by molar-refractivity contribution is -0.131. The second kappa shape index (κ2) is 10.9. The van der Waals surface area contributed by atoms with Gasteiger partial charge in [0.15, 0.2) is 5.65 Å². The van der Waals surface area contributed by atoms with Crippen molar-refractivity contribution in [1.29, 1.82) is 0 Å². The summed E-state index contributed by atoms with van der Waals surface area (Å²) in [6.07, 6.45) is 2.46. The zero-order valence-electron chi connectivity index (χ0n) is 21.7. The third kappa shape index (κ3) is 5.22. The molecule has 3 aromatic carbocycles. The third-order valence-corrected chi connectivity index (χ3v) is 7.58. The Bertz CT molecular complexity index is 1580. The molecule has 2 aromatic heterocycles. The highest BCUT2D eigenvalue weighted by Crippen LogP contribution is 2.29. The Hall–Kier alpha value is -4.23. The quantitative estimate of drug-likeness (QED) is 0.274. The van der Waals surface area contributed by atoms with Crippen LogP contribution >= 0.6 is 11.6 Å². The molecule has 0 saturated carbocycles. The van der Waals surface area contributed by atoms with Gasteiger partial charge in [-0.25, -0.2) is 14.6 Å². The Labute approximate surface area is 232 Å². The normalized spacial score (nSPS) is 14.5. The van der Waals surface area contributed by atoms with Crippen LogP contribution in [0.4, 0.5) is 5.82 Å². The molecule has 6 rings (SSSR count). The fourth-order valence-corrected chi connectivity index (χ4v) is 5.25. The van der Waals surface area contributed by atoms with Crippen LogP contribution in [0.25, 0.3) is 16.7 Å². The minimum Gasteiger partial charge on any atom is -0.352 e. The van der Waals surface area contributed by atoms with Crippen LogP contribution < -0.4 is 4.90 Å². The van der Waals surface area contributed by atoms with Crippen molar-refractivity contribution in [2.75, 3.05) is 31.1 Å². The van der Waals surface area contributed by atoms with Gasteiger partial charge >= 0.3 is 0 Å². The number of aromatic nitrogens is 4. The number of aryl methyl sites for hydroxylation is 1. The van der Waals surface area contributed by atoms with Crippen LogP contribution in [-0.2, 0) is 11.2 Å². The summed E-state index contributed by atoms with van der Waals surface area (Å²) in [5.74, 6) is 1.52. The summed E-state index contributed by atoms with van der Waals surface area (Å²) >= 11 is 6.55. The number of benzene rings is 3.